The molecule has 16 heavy (non-hydrogen) atoms. The van der Waals surface area contributed by atoms with Gasteiger partial charge in [0.1, 0.15) is 10.4 Å². The Bertz CT molecular complexity index is 475. The minimum absolute atomic E-state index is 0.537. The van der Waals surface area contributed by atoms with Crippen LogP contribution >= 0.6 is 61.8 Å². The molecule has 0 spiro atoms. The molecule has 0 fully saturated rings. The van der Waals surface area contributed by atoms with Crippen molar-refractivity contribution in [2.75, 3.05) is 0 Å². The van der Waals surface area contributed by atoms with E-state index in [1.165, 1.54) is 11.3 Å². The summed E-state index contributed by atoms with van der Waals surface area (Å²) >= 11 is 18.1. The van der Waals surface area contributed by atoms with Crippen molar-refractivity contribution in [2.45, 2.75) is 13.0 Å². The molecule has 0 amide bonds. The molecule has 1 N–H and O–H groups in total. The standard InChI is InChI=1S/C10H7BrCl2OS2/c1-4-2-6(11)9(15-4)8(14)5-3-7(12)16-10(5)13/h2-3,8,14H,1H3. The van der Waals surface area contributed by atoms with E-state index in [0.717, 1.165) is 14.2 Å². The highest BCUT2D eigenvalue weighted by atomic mass is 79.9. The maximum Gasteiger partial charge on any atom is 0.117 e. The second kappa shape index (κ2) is 4.96. The third-order valence-corrected chi connectivity index (χ3v) is 5.60. The average Bonchev–Trinajstić information content (AvgIpc) is 2.68. The highest BCUT2D eigenvalue weighted by Crippen LogP contribution is 2.41. The first-order valence-corrected chi connectivity index (χ1v) is 7.56. The first-order valence-electron chi connectivity index (χ1n) is 4.37. The van der Waals surface area contributed by atoms with Gasteiger partial charge in [-0.1, -0.05) is 23.2 Å². The van der Waals surface area contributed by atoms with Crippen LogP contribution < -0.4 is 0 Å². The summed E-state index contributed by atoms with van der Waals surface area (Å²) in [4.78, 5) is 1.99. The molecule has 0 aromatic carbocycles. The Balaban J connectivity index is 2.42. The summed E-state index contributed by atoms with van der Waals surface area (Å²) in [6.45, 7) is 1.99. The quantitative estimate of drug-likeness (QED) is 0.776. The highest BCUT2D eigenvalue weighted by Gasteiger charge is 2.20. The number of aliphatic hydroxyl groups excluding tert-OH is 1. The zero-order chi connectivity index (χ0) is 11.9. The third kappa shape index (κ3) is 2.47. The van der Waals surface area contributed by atoms with Crippen molar-refractivity contribution in [1.29, 1.82) is 0 Å². The summed E-state index contributed by atoms with van der Waals surface area (Å²) in [5.41, 5.74) is 0.666. The molecule has 0 radical (unpaired) electrons. The lowest BCUT2D eigenvalue weighted by molar-refractivity contribution is 0.224. The third-order valence-electron chi connectivity index (χ3n) is 2.06. The molecule has 1 unspecified atom stereocenters. The smallest absolute Gasteiger partial charge is 0.117 e. The van der Waals surface area contributed by atoms with E-state index in [4.69, 9.17) is 23.2 Å². The fraction of sp³-hybridized carbons (Fsp3) is 0.200. The molecule has 86 valence electrons. The van der Waals surface area contributed by atoms with Gasteiger partial charge in [-0.15, -0.1) is 22.7 Å². The fourth-order valence-corrected chi connectivity index (χ4v) is 4.76. The molecule has 0 saturated carbocycles. The molecule has 1 atom stereocenters. The first kappa shape index (κ1) is 12.9. The maximum absolute atomic E-state index is 10.2. The number of halogens is 3. The Hall–Kier alpha value is 0.420. The van der Waals surface area contributed by atoms with Crippen LogP contribution in [-0.4, -0.2) is 5.11 Å². The van der Waals surface area contributed by atoms with E-state index < -0.39 is 6.10 Å². The highest BCUT2D eigenvalue weighted by molar-refractivity contribution is 9.10. The Morgan fingerprint density at radius 3 is 2.44 bits per heavy atom. The summed E-state index contributed by atoms with van der Waals surface area (Å²) in [6.07, 6.45) is -0.718. The zero-order valence-corrected chi connectivity index (χ0v) is 12.9. The van der Waals surface area contributed by atoms with Gasteiger partial charge in [0.15, 0.2) is 0 Å². The van der Waals surface area contributed by atoms with Crippen molar-refractivity contribution in [2.24, 2.45) is 0 Å². The molecule has 2 rings (SSSR count). The van der Waals surface area contributed by atoms with Crippen molar-refractivity contribution < 1.29 is 5.11 Å². The van der Waals surface area contributed by atoms with Crippen molar-refractivity contribution in [1.82, 2.24) is 0 Å². The van der Waals surface area contributed by atoms with Crippen LogP contribution in [0.25, 0.3) is 0 Å². The van der Waals surface area contributed by atoms with Crippen LogP contribution in [-0.2, 0) is 0 Å². The van der Waals surface area contributed by atoms with Gasteiger partial charge < -0.3 is 5.11 Å². The van der Waals surface area contributed by atoms with E-state index in [2.05, 4.69) is 15.9 Å². The molecular formula is C10H7BrCl2OS2. The van der Waals surface area contributed by atoms with Gasteiger partial charge >= 0.3 is 0 Å². The van der Waals surface area contributed by atoms with Gasteiger partial charge in [0.2, 0.25) is 0 Å². The van der Waals surface area contributed by atoms with Gasteiger partial charge in [-0.3, -0.25) is 0 Å². The predicted molar refractivity (Wildman–Crippen MR) is 75.2 cm³/mol. The van der Waals surface area contributed by atoms with E-state index in [1.807, 2.05) is 13.0 Å². The van der Waals surface area contributed by atoms with Crippen LogP contribution in [0.1, 0.15) is 21.4 Å². The van der Waals surface area contributed by atoms with Gasteiger partial charge in [-0.25, -0.2) is 0 Å². The fourth-order valence-electron chi connectivity index (χ4n) is 1.37. The van der Waals surface area contributed by atoms with Crippen LogP contribution in [0.4, 0.5) is 0 Å². The molecule has 2 aromatic heterocycles. The second-order valence-electron chi connectivity index (χ2n) is 3.25. The Morgan fingerprint density at radius 1 is 1.31 bits per heavy atom. The van der Waals surface area contributed by atoms with Gasteiger partial charge in [0.05, 0.1) is 9.21 Å². The Labute approximate surface area is 120 Å². The van der Waals surface area contributed by atoms with Crippen molar-refractivity contribution in [3.8, 4) is 0 Å². The van der Waals surface area contributed by atoms with Gasteiger partial charge in [0, 0.05) is 14.9 Å². The van der Waals surface area contributed by atoms with Gasteiger partial charge in [-0.2, -0.15) is 0 Å². The monoisotopic (exact) mass is 356 g/mol. The lowest BCUT2D eigenvalue weighted by Gasteiger charge is -2.07. The normalized spacial score (nSPS) is 13.1. The molecule has 0 saturated heterocycles. The maximum atomic E-state index is 10.2. The summed E-state index contributed by atoms with van der Waals surface area (Å²) < 4.78 is 2.03. The number of rotatable bonds is 2. The van der Waals surface area contributed by atoms with E-state index in [1.54, 1.807) is 17.4 Å². The Morgan fingerprint density at radius 2 is 2.00 bits per heavy atom. The van der Waals surface area contributed by atoms with E-state index in [0.29, 0.717) is 14.2 Å². The number of hydrogen-bond donors (Lipinski definition) is 1. The molecule has 0 aliphatic heterocycles. The minimum atomic E-state index is -0.718. The molecule has 6 heteroatoms. The topological polar surface area (TPSA) is 20.2 Å². The summed E-state index contributed by atoms with van der Waals surface area (Å²) in [6, 6.07) is 3.69. The second-order valence-corrected chi connectivity index (χ2v) is 7.68. The molecule has 0 aliphatic rings. The summed E-state index contributed by atoms with van der Waals surface area (Å²) in [5, 5.41) is 10.2. The Kier molecular flexibility index (Phi) is 3.99. The lowest BCUT2D eigenvalue weighted by Crippen LogP contribution is -1.96. The SMILES string of the molecule is Cc1cc(Br)c(C(O)c2cc(Cl)sc2Cl)s1. The zero-order valence-electron chi connectivity index (χ0n) is 8.13. The van der Waals surface area contributed by atoms with Crippen LogP contribution in [0, 0.1) is 6.92 Å². The van der Waals surface area contributed by atoms with Crippen LogP contribution in [0.2, 0.25) is 8.67 Å². The van der Waals surface area contributed by atoms with Crippen LogP contribution in [0.15, 0.2) is 16.6 Å². The predicted octanol–water partition coefficient (Wildman–Crippen LogP) is 5.27. The number of thiophene rings is 2. The molecule has 1 nitrogen and oxygen atoms in total. The molecule has 0 bridgehead atoms. The molecular weight excluding hydrogens is 351 g/mol. The van der Waals surface area contributed by atoms with Crippen LogP contribution in [0.3, 0.4) is 0 Å². The summed E-state index contributed by atoms with van der Waals surface area (Å²) in [5.74, 6) is 0. The van der Waals surface area contributed by atoms with E-state index in [-0.39, 0.29) is 0 Å². The molecule has 2 aromatic rings. The summed E-state index contributed by atoms with van der Waals surface area (Å²) in [7, 11) is 0. The van der Waals surface area contributed by atoms with E-state index >= 15 is 0 Å². The van der Waals surface area contributed by atoms with E-state index in [9.17, 15) is 5.11 Å². The largest absolute Gasteiger partial charge is 0.383 e. The number of hydrogen-bond acceptors (Lipinski definition) is 3. The number of aryl methyl sites for hydroxylation is 1. The first-order chi connectivity index (χ1) is 7.49. The number of aliphatic hydroxyl groups is 1. The molecule has 2 heterocycles. The van der Waals surface area contributed by atoms with Crippen molar-refractivity contribution in [3.05, 3.63) is 40.6 Å². The van der Waals surface area contributed by atoms with Gasteiger partial charge in [-0.05, 0) is 35.0 Å². The van der Waals surface area contributed by atoms with Gasteiger partial charge in [0.25, 0.3) is 0 Å². The van der Waals surface area contributed by atoms with Crippen molar-refractivity contribution in [3.63, 3.8) is 0 Å². The average molecular weight is 358 g/mol. The van der Waals surface area contributed by atoms with Crippen LogP contribution in [0.5, 0.6) is 0 Å². The minimum Gasteiger partial charge on any atom is -0.383 e. The molecule has 0 aliphatic carbocycles. The van der Waals surface area contributed by atoms with Crippen molar-refractivity contribution >= 4 is 61.8 Å². The lowest BCUT2D eigenvalue weighted by atomic mass is 10.1.